The van der Waals surface area contributed by atoms with Crippen molar-refractivity contribution in [2.24, 2.45) is 63.6 Å². The van der Waals surface area contributed by atoms with Crippen LogP contribution in [0.2, 0.25) is 0 Å². The fourth-order valence-electron chi connectivity index (χ4n) is 13.7. The van der Waals surface area contributed by atoms with Gasteiger partial charge in [-0.2, -0.15) is 0 Å². The predicted molar refractivity (Wildman–Crippen MR) is 260 cm³/mol. The number of rotatable bonds is 11. The zero-order chi connectivity index (χ0) is 45.9. The summed E-state index contributed by atoms with van der Waals surface area (Å²) in [6.45, 7) is 33.6. The van der Waals surface area contributed by atoms with Gasteiger partial charge in [0.15, 0.2) is 0 Å². The molecule has 6 rings (SSSR count). The van der Waals surface area contributed by atoms with Crippen LogP contribution < -0.4 is 0 Å². The van der Waals surface area contributed by atoms with E-state index in [4.69, 9.17) is 0 Å². The maximum absolute atomic E-state index is 10.2. The van der Waals surface area contributed by atoms with E-state index < -0.39 is 30.0 Å². The van der Waals surface area contributed by atoms with Crippen molar-refractivity contribution >= 4 is 0 Å². The van der Waals surface area contributed by atoms with Crippen LogP contribution in [0.3, 0.4) is 0 Å². The Balaban J connectivity index is 0.000000234. The van der Waals surface area contributed by atoms with Gasteiger partial charge in [-0.25, -0.2) is 0 Å². The van der Waals surface area contributed by atoms with Crippen molar-refractivity contribution in [2.75, 3.05) is 0 Å². The van der Waals surface area contributed by atoms with Crippen molar-refractivity contribution in [3.05, 3.63) is 70.9 Å². The Kier molecular flexibility index (Phi) is 17.2. The minimum atomic E-state index is -0.618. The molecule has 6 saturated carbocycles. The van der Waals surface area contributed by atoms with Gasteiger partial charge in [-0.1, -0.05) is 122 Å². The lowest BCUT2D eigenvalue weighted by molar-refractivity contribution is 0.0447. The third-order valence-corrected chi connectivity index (χ3v) is 18.3. The molecule has 0 saturated heterocycles. The van der Waals surface area contributed by atoms with Gasteiger partial charge in [0.25, 0.3) is 0 Å². The third kappa shape index (κ3) is 12.4. The molecule has 0 radical (unpaired) electrons. The van der Waals surface area contributed by atoms with E-state index in [1.165, 1.54) is 77.0 Å². The minimum Gasteiger partial charge on any atom is -0.390 e. The Morgan fingerprint density at radius 3 is 1.27 bits per heavy atom. The summed E-state index contributed by atoms with van der Waals surface area (Å²) in [7, 11) is 0. The average molecular weight is 859 g/mol. The van der Waals surface area contributed by atoms with Gasteiger partial charge in [0.05, 0.1) is 30.0 Å². The van der Waals surface area contributed by atoms with Crippen molar-refractivity contribution in [1.82, 2.24) is 0 Å². The molecular weight excluding hydrogens is 765 g/mol. The second kappa shape index (κ2) is 20.8. The fraction of sp³-hybridized carbons (Fsp3) is 0.789. The molecule has 0 aromatic heterocycles. The number of aliphatic hydroxyl groups excluding tert-OH is 4. The highest BCUT2D eigenvalue weighted by Crippen LogP contribution is 2.62. The van der Waals surface area contributed by atoms with Gasteiger partial charge in [-0.15, -0.1) is 0 Å². The third-order valence-electron chi connectivity index (χ3n) is 18.3. The molecule has 0 amide bonds. The van der Waals surface area contributed by atoms with Gasteiger partial charge in [0.1, 0.15) is 0 Å². The Labute approximate surface area is 380 Å². The summed E-state index contributed by atoms with van der Waals surface area (Å²) >= 11 is 0. The van der Waals surface area contributed by atoms with Gasteiger partial charge >= 0.3 is 0 Å². The van der Waals surface area contributed by atoms with Crippen molar-refractivity contribution in [2.45, 2.75) is 222 Å². The molecule has 0 aliphatic heterocycles. The molecule has 0 spiro atoms. The van der Waals surface area contributed by atoms with E-state index in [1.807, 2.05) is 13.8 Å². The van der Waals surface area contributed by atoms with Crippen LogP contribution in [0.15, 0.2) is 70.9 Å². The summed E-state index contributed by atoms with van der Waals surface area (Å²) in [6.07, 6.45) is 26.6. The molecule has 5 N–H and O–H groups in total. The van der Waals surface area contributed by atoms with Gasteiger partial charge in [-0.3, -0.25) is 0 Å². The number of hydrogen-bond donors (Lipinski definition) is 5. The van der Waals surface area contributed by atoms with Crippen LogP contribution in [0.1, 0.15) is 192 Å². The van der Waals surface area contributed by atoms with Crippen molar-refractivity contribution in [3.63, 3.8) is 0 Å². The smallest absolute Gasteiger partial charge is 0.0809 e. The minimum absolute atomic E-state index is 0.366. The van der Waals surface area contributed by atoms with Gasteiger partial charge < -0.3 is 25.5 Å². The molecule has 2 unspecified atom stereocenters. The topological polar surface area (TPSA) is 101 Å². The van der Waals surface area contributed by atoms with Crippen LogP contribution in [-0.2, 0) is 0 Å². The molecule has 352 valence electrons. The quantitative estimate of drug-likeness (QED) is 0.133. The van der Waals surface area contributed by atoms with Crippen LogP contribution in [0.25, 0.3) is 0 Å². The first-order chi connectivity index (χ1) is 28.8. The van der Waals surface area contributed by atoms with E-state index in [0.29, 0.717) is 76.7 Å². The first-order valence-corrected chi connectivity index (χ1v) is 25.4. The molecule has 5 nitrogen and oxygen atoms in total. The molecule has 5 heteroatoms. The molecule has 0 aromatic rings. The zero-order valence-corrected chi connectivity index (χ0v) is 41.6. The zero-order valence-electron chi connectivity index (χ0n) is 41.6. The first-order valence-electron chi connectivity index (χ1n) is 25.4. The number of fused-ring (bicyclic) bond motifs is 2. The molecular formula is C57H94O5. The largest absolute Gasteiger partial charge is 0.390 e. The normalized spacial score (nSPS) is 37.6. The molecule has 0 aromatic carbocycles. The monoisotopic (exact) mass is 859 g/mol. The van der Waals surface area contributed by atoms with Gasteiger partial charge in [-0.05, 0) is 204 Å². The fourth-order valence-corrected chi connectivity index (χ4v) is 13.7. The van der Waals surface area contributed by atoms with Crippen molar-refractivity contribution in [1.29, 1.82) is 0 Å². The Bertz CT molecular complexity index is 1510. The Morgan fingerprint density at radius 2 is 0.935 bits per heavy atom. The van der Waals surface area contributed by atoms with E-state index in [9.17, 15) is 25.5 Å². The van der Waals surface area contributed by atoms with Crippen LogP contribution in [-0.4, -0.2) is 55.5 Å². The van der Waals surface area contributed by atoms with Crippen LogP contribution in [0.4, 0.5) is 0 Å². The van der Waals surface area contributed by atoms with E-state index >= 15 is 0 Å². The van der Waals surface area contributed by atoms with E-state index in [1.54, 1.807) is 11.1 Å². The molecule has 0 heterocycles. The summed E-state index contributed by atoms with van der Waals surface area (Å²) in [5, 5.41) is 50.8. The lowest BCUT2D eigenvalue weighted by atomic mass is 9.59. The van der Waals surface area contributed by atoms with E-state index in [0.717, 1.165) is 47.7 Å². The van der Waals surface area contributed by atoms with Crippen molar-refractivity contribution in [3.8, 4) is 0 Å². The van der Waals surface area contributed by atoms with Crippen LogP contribution in [0, 0.1) is 63.6 Å². The van der Waals surface area contributed by atoms with Crippen molar-refractivity contribution < 1.29 is 25.5 Å². The number of hydrogen-bond acceptors (Lipinski definition) is 5. The highest BCUT2D eigenvalue weighted by molar-refractivity contribution is 5.31. The summed E-state index contributed by atoms with van der Waals surface area (Å²) in [6, 6.07) is 0. The number of allylic oxidation sites excluding steroid dienone is 6. The Hall–Kier alpha value is -1.76. The van der Waals surface area contributed by atoms with Gasteiger partial charge in [0, 0.05) is 0 Å². The van der Waals surface area contributed by atoms with Crippen LogP contribution >= 0.6 is 0 Å². The predicted octanol–water partition coefficient (Wildman–Crippen LogP) is 13.2. The van der Waals surface area contributed by atoms with Crippen LogP contribution in [0.5, 0.6) is 0 Å². The lowest BCUT2D eigenvalue weighted by Gasteiger charge is -2.45. The SMILES string of the molecule is C=C1[C@H](O)CC(=C/C=C2\CCC[C@@]3(C)C2CC[C@@H]3[C@@H](C)[C@@H](C)CCC(C)(C)C)C[C@H]1O.C=C1[C@H](O)CC(=C/C=C2\CCC[C@@]3(C)C2CC[C@@H]3[C@@H](C)[C@H](C)CCC(C)(C)O)C[C@H]1O. The number of aliphatic hydroxyl groups is 5. The maximum atomic E-state index is 10.2. The summed E-state index contributed by atoms with van der Waals surface area (Å²) in [5.74, 6) is 5.79. The molecule has 6 aliphatic carbocycles. The lowest BCUT2D eigenvalue weighted by Crippen LogP contribution is -2.37. The van der Waals surface area contributed by atoms with E-state index in [2.05, 4.69) is 99.8 Å². The summed E-state index contributed by atoms with van der Waals surface area (Å²) in [5.41, 5.74) is 7.27. The highest BCUT2D eigenvalue weighted by atomic mass is 16.3. The standard InChI is InChI=1S/C29H48O2.C28H46O3/c1-19(14-16-28(4,5)6)20(2)24-12-13-25-23(9-8-15-29(24,25)7)11-10-22-17-26(30)21(3)27(31)18-22;1-18(13-15-27(4,5)31)19(2)23-11-12-24-22(8-7-14-28(23,24)6)10-9-21-16-25(29)20(3)26(30)17-21/h10-11,19-20,24-27,30-31H,3,8-9,12-18H2,1-2,4-7H3;9-10,18-19,23-26,29-31H,3,7-8,11-17H2,1-2,4-6H3/b23-11+;22-10+/t19-,20-,24+,25?,26+,27+,29+;18-,19+,23-,24?,25-,26-,28-/m01/s1. The molecule has 6 fully saturated rings. The molecule has 6 aliphatic rings. The molecule has 0 bridgehead atoms. The average Bonchev–Trinajstić information content (AvgIpc) is 3.74. The second-order valence-electron chi connectivity index (χ2n) is 24.5. The van der Waals surface area contributed by atoms with Gasteiger partial charge in [0.2, 0.25) is 0 Å². The second-order valence-corrected chi connectivity index (χ2v) is 24.5. The summed E-state index contributed by atoms with van der Waals surface area (Å²) in [4.78, 5) is 0. The van der Waals surface area contributed by atoms with E-state index in [-0.39, 0.29) is 0 Å². The molecule has 14 atom stereocenters. The Morgan fingerprint density at radius 1 is 0.581 bits per heavy atom. The first kappa shape index (κ1) is 51.2. The maximum Gasteiger partial charge on any atom is 0.0809 e. The summed E-state index contributed by atoms with van der Waals surface area (Å²) < 4.78 is 0. The highest BCUT2D eigenvalue weighted by Gasteiger charge is 2.52. The molecule has 62 heavy (non-hydrogen) atoms.